The Morgan fingerprint density at radius 1 is 1.56 bits per heavy atom. The van der Waals surface area contributed by atoms with Gasteiger partial charge < -0.3 is 14.9 Å². The van der Waals surface area contributed by atoms with Crippen LogP contribution in [0.5, 0.6) is 11.5 Å². The highest BCUT2D eigenvalue weighted by molar-refractivity contribution is 9.10. The molecule has 0 aromatic heterocycles. The first-order valence-corrected chi connectivity index (χ1v) is 5.60. The predicted molar refractivity (Wildman–Crippen MR) is 63.0 cm³/mol. The van der Waals surface area contributed by atoms with Crippen LogP contribution in [0.2, 0.25) is 0 Å². The van der Waals surface area contributed by atoms with Crippen molar-refractivity contribution in [1.29, 1.82) is 0 Å². The molecule has 0 saturated carbocycles. The van der Waals surface area contributed by atoms with Crippen LogP contribution in [0.25, 0.3) is 0 Å². The lowest BCUT2D eigenvalue weighted by Crippen LogP contribution is -2.10. The summed E-state index contributed by atoms with van der Waals surface area (Å²) in [6.45, 7) is 1.76. The molecule has 0 aliphatic carbocycles. The number of ether oxygens (including phenoxy) is 1. The van der Waals surface area contributed by atoms with Crippen molar-refractivity contribution in [2.24, 2.45) is 0 Å². The van der Waals surface area contributed by atoms with Crippen molar-refractivity contribution in [1.82, 2.24) is 0 Å². The molecule has 0 amide bonds. The minimum absolute atomic E-state index is 0.0754. The Hall–Kier alpha value is -1.23. The van der Waals surface area contributed by atoms with Gasteiger partial charge in [0.25, 0.3) is 0 Å². The average Bonchev–Trinajstić information content (AvgIpc) is 2.25. The van der Waals surface area contributed by atoms with E-state index in [-0.39, 0.29) is 5.75 Å². The fourth-order valence-corrected chi connectivity index (χ4v) is 2.05. The number of phenolic OH excluding ortho intramolecular Hbond substituents is 1. The third-order valence-corrected chi connectivity index (χ3v) is 3.18. The summed E-state index contributed by atoms with van der Waals surface area (Å²) in [6, 6.07) is 3.20. The molecule has 0 fully saturated rings. The number of carboxylic acids is 1. The quantitative estimate of drug-likeness (QED) is 0.894. The maximum atomic E-state index is 11.0. The number of aromatic hydroxyl groups is 1. The van der Waals surface area contributed by atoms with Crippen LogP contribution in [0, 0.1) is 0 Å². The minimum Gasteiger partial charge on any atom is -0.506 e. The Morgan fingerprint density at radius 2 is 2.19 bits per heavy atom. The molecule has 1 aromatic carbocycles. The molecule has 16 heavy (non-hydrogen) atoms. The zero-order valence-electron chi connectivity index (χ0n) is 9.03. The molecule has 0 heterocycles. The first-order valence-electron chi connectivity index (χ1n) is 4.81. The summed E-state index contributed by atoms with van der Waals surface area (Å²) in [5.41, 5.74) is 0.391. The molecule has 2 N–H and O–H groups in total. The Balaban J connectivity index is 3.25. The average molecular weight is 289 g/mol. The van der Waals surface area contributed by atoms with Gasteiger partial charge in [-0.05, 0) is 28.4 Å². The second kappa shape index (κ2) is 5.21. The van der Waals surface area contributed by atoms with Crippen molar-refractivity contribution in [2.45, 2.75) is 19.3 Å². The maximum Gasteiger partial charge on any atom is 0.311 e. The molecule has 1 atom stereocenters. The monoisotopic (exact) mass is 288 g/mol. The van der Waals surface area contributed by atoms with Gasteiger partial charge in [0.2, 0.25) is 0 Å². The molecule has 0 saturated heterocycles. The third kappa shape index (κ3) is 2.29. The van der Waals surface area contributed by atoms with Crippen LogP contribution in [0.1, 0.15) is 24.8 Å². The van der Waals surface area contributed by atoms with E-state index in [0.717, 1.165) is 0 Å². The van der Waals surface area contributed by atoms with Gasteiger partial charge in [0.1, 0.15) is 16.0 Å². The summed E-state index contributed by atoms with van der Waals surface area (Å²) in [7, 11) is 1.48. The van der Waals surface area contributed by atoms with Crippen LogP contribution in [0.4, 0.5) is 0 Å². The van der Waals surface area contributed by atoms with Crippen molar-refractivity contribution in [2.75, 3.05) is 7.11 Å². The topological polar surface area (TPSA) is 66.8 Å². The molecular weight excluding hydrogens is 276 g/mol. The molecule has 1 rings (SSSR count). The molecule has 0 bridgehead atoms. The lowest BCUT2D eigenvalue weighted by Gasteiger charge is -2.14. The number of aliphatic carboxylic acids is 1. The van der Waals surface area contributed by atoms with Crippen LogP contribution in [-0.2, 0) is 4.79 Å². The number of hydrogen-bond donors (Lipinski definition) is 2. The molecule has 0 radical (unpaired) electrons. The van der Waals surface area contributed by atoms with Gasteiger partial charge in [-0.3, -0.25) is 4.79 Å². The summed E-state index contributed by atoms with van der Waals surface area (Å²) in [5, 5.41) is 18.9. The summed E-state index contributed by atoms with van der Waals surface area (Å²) >= 11 is 3.17. The Bertz CT molecular complexity index is 403. The van der Waals surface area contributed by atoms with Crippen LogP contribution in [-0.4, -0.2) is 23.3 Å². The SMILES string of the molecule is CCC(C(=O)O)c1ccc(OC)c(Br)c1O. The van der Waals surface area contributed by atoms with E-state index in [1.807, 2.05) is 0 Å². The van der Waals surface area contributed by atoms with Gasteiger partial charge in [0, 0.05) is 5.56 Å². The van der Waals surface area contributed by atoms with E-state index in [4.69, 9.17) is 9.84 Å². The van der Waals surface area contributed by atoms with Crippen molar-refractivity contribution in [3.05, 3.63) is 22.2 Å². The molecular formula is C11H13BrO4. The van der Waals surface area contributed by atoms with Crippen LogP contribution < -0.4 is 4.74 Å². The van der Waals surface area contributed by atoms with E-state index in [0.29, 0.717) is 22.2 Å². The normalized spacial score (nSPS) is 12.2. The number of methoxy groups -OCH3 is 1. The van der Waals surface area contributed by atoms with Gasteiger partial charge in [-0.15, -0.1) is 0 Å². The van der Waals surface area contributed by atoms with Crippen LogP contribution in [0.15, 0.2) is 16.6 Å². The number of halogens is 1. The smallest absolute Gasteiger partial charge is 0.311 e. The van der Waals surface area contributed by atoms with Gasteiger partial charge in [-0.25, -0.2) is 0 Å². The second-order valence-corrected chi connectivity index (χ2v) is 4.11. The fourth-order valence-electron chi connectivity index (χ4n) is 1.53. The predicted octanol–water partition coefficient (Wildman–Crippen LogP) is 2.74. The molecule has 1 unspecified atom stereocenters. The zero-order chi connectivity index (χ0) is 12.3. The van der Waals surface area contributed by atoms with Crippen LogP contribution >= 0.6 is 15.9 Å². The van der Waals surface area contributed by atoms with E-state index in [1.165, 1.54) is 7.11 Å². The lowest BCUT2D eigenvalue weighted by molar-refractivity contribution is -0.138. The van der Waals surface area contributed by atoms with E-state index >= 15 is 0 Å². The van der Waals surface area contributed by atoms with E-state index in [1.54, 1.807) is 19.1 Å². The van der Waals surface area contributed by atoms with Crippen molar-refractivity contribution in [3.63, 3.8) is 0 Å². The molecule has 1 aromatic rings. The summed E-state index contributed by atoms with van der Waals surface area (Å²) < 4.78 is 5.38. The van der Waals surface area contributed by atoms with Gasteiger partial charge in [-0.2, -0.15) is 0 Å². The summed E-state index contributed by atoms with van der Waals surface area (Å²) in [5.74, 6) is -1.26. The van der Waals surface area contributed by atoms with E-state index < -0.39 is 11.9 Å². The Morgan fingerprint density at radius 3 is 2.62 bits per heavy atom. The largest absolute Gasteiger partial charge is 0.506 e. The number of benzene rings is 1. The fraction of sp³-hybridized carbons (Fsp3) is 0.364. The number of hydrogen-bond acceptors (Lipinski definition) is 3. The van der Waals surface area contributed by atoms with Gasteiger partial charge in [0.15, 0.2) is 0 Å². The van der Waals surface area contributed by atoms with E-state index in [2.05, 4.69) is 15.9 Å². The molecule has 0 spiro atoms. The molecule has 5 heteroatoms. The first kappa shape index (κ1) is 12.8. The highest BCUT2D eigenvalue weighted by Gasteiger charge is 2.23. The standard InChI is InChI=1S/C11H13BrO4/c1-3-6(11(14)15)7-4-5-8(16-2)9(12)10(7)13/h4-6,13H,3H2,1-2H3,(H,14,15). The highest BCUT2D eigenvalue weighted by Crippen LogP contribution is 2.40. The molecule has 4 nitrogen and oxygen atoms in total. The van der Waals surface area contributed by atoms with Crippen LogP contribution in [0.3, 0.4) is 0 Å². The number of rotatable bonds is 4. The number of phenols is 1. The Kier molecular flexibility index (Phi) is 4.18. The Labute approximate surface area is 102 Å². The minimum atomic E-state index is -0.949. The zero-order valence-corrected chi connectivity index (χ0v) is 10.6. The van der Waals surface area contributed by atoms with E-state index in [9.17, 15) is 9.90 Å². The summed E-state index contributed by atoms with van der Waals surface area (Å²) in [4.78, 5) is 11.0. The summed E-state index contributed by atoms with van der Waals surface area (Å²) in [6.07, 6.45) is 0.418. The molecule has 88 valence electrons. The number of carbonyl (C=O) groups is 1. The van der Waals surface area contributed by atoms with Crippen molar-refractivity contribution >= 4 is 21.9 Å². The highest BCUT2D eigenvalue weighted by atomic mass is 79.9. The van der Waals surface area contributed by atoms with Crippen molar-refractivity contribution < 1.29 is 19.7 Å². The maximum absolute atomic E-state index is 11.0. The third-order valence-electron chi connectivity index (χ3n) is 2.41. The lowest BCUT2D eigenvalue weighted by atomic mass is 9.95. The van der Waals surface area contributed by atoms with Gasteiger partial charge in [0.05, 0.1) is 13.0 Å². The first-order chi connectivity index (χ1) is 7.52. The number of carboxylic acid groups (broad SMARTS) is 1. The van der Waals surface area contributed by atoms with Gasteiger partial charge in [-0.1, -0.05) is 13.0 Å². The van der Waals surface area contributed by atoms with Crippen molar-refractivity contribution in [3.8, 4) is 11.5 Å². The van der Waals surface area contributed by atoms with Gasteiger partial charge >= 0.3 is 5.97 Å². The molecule has 0 aliphatic rings. The second-order valence-electron chi connectivity index (χ2n) is 3.32. The molecule has 0 aliphatic heterocycles.